The van der Waals surface area contributed by atoms with E-state index in [1.807, 2.05) is 0 Å². The number of nitrogens with zero attached hydrogens (tertiary/aromatic N) is 1. The fourth-order valence-electron chi connectivity index (χ4n) is 1.51. The lowest BCUT2D eigenvalue weighted by Gasteiger charge is -2.15. The zero-order valence-corrected chi connectivity index (χ0v) is 9.34. The van der Waals surface area contributed by atoms with Crippen LogP contribution in [0.4, 0.5) is 22.0 Å². The maximum absolute atomic E-state index is 12.7. The van der Waals surface area contributed by atoms with Crippen LogP contribution in [0.1, 0.15) is 28.9 Å². The minimum Gasteiger partial charge on any atom is -0.481 e. The summed E-state index contributed by atoms with van der Waals surface area (Å²) in [6, 6.07) is 0.497. The SMILES string of the molecule is NCc1nc(C(F)(F)F)c(CC(=O)O)cc1C(F)F. The van der Waals surface area contributed by atoms with Gasteiger partial charge in [-0.2, -0.15) is 13.2 Å². The number of hydrogen-bond acceptors (Lipinski definition) is 3. The van der Waals surface area contributed by atoms with E-state index in [0.717, 1.165) is 0 Å². The van der Waals surface area contributed by atoms with Crippen molar-refractivity contribution in [2.24, 2.45) is 5.73 Å². The molecule has 0 aliphatic carbocycles. The lowest BCUT2D eigenvalue weighted by Crippen LogP contribution is -2.18. The average Bonchev–Trinajstić information content (AvgIpc) is 2.25. The third-order valence-electron chi connectivity index (χ3n) is 2.25. The third kappa shape index (κ3) is 3.60. The largest absolute Gasteiger partial charge is 0.481 e. The molecule has 0 unspecified atom stereocenters. The number of pyridine rings is 1. The number of rotatable bonds is 4. The monoisotopic (exact) mass is 284 g/mol. The fraction of sp³-hybridized carbons (Fsp3) is 0.400. The zero-order valence-electron chi connectivity index (χ0n) is 9.34. The lowest BCUT2D eigenvalue weighted by atomic mass is 10.0. The van der Waals surface area contributed by atoms with Gasteiger partial charge in [0, 0.05) is 12.1 Å². The van der Waals surface area contributed by atoms with Gasteiger partial charge in [-0.15, -0.1) is 0 Å². The van der Waals surface area contributed by atoms with Crippen molar-refractivity contribution in [3.05, 3.63) is 28.6 Å². The zero-order chi connectivity index (χ0) is 14.8. The summed E-state index contributed by atoms with van der Waals surface area (Å²) in [6.07, 6.45) is -9.07. The van der Waals surface area contributed by atoms with Crippen molar-refractivity contribution < 1.29 is 31.9 Å². The summed E-state index contributed by atoms with van der Waals surface area (Å²) >= 11 is 0. The second-order valence-electron chi connectivity index (χ2n) is 3.61. The van der Waals surface area contributed by atoms with Crippen molar-refractivity contribution in [3.63, 3.8) is 0 Å². The summed E-state index contributed by atoms with van der Waals surface area (Å²) in [6.45, 7) is -0.601. The lowest BCUT2D eigenvalue weighted by molar-refractivity contribution is -0.142. The van der Waals surface area contributed by atoms with Gasteiger partial charge in [0.15, 0.2) is 0 Å². The van der Waals surface area contributed by atoms with E-state index in [0.29, 0.717) is 6.07 Å². The van der Waals surface area contributed by atoms with Crippen LogP contribution in [0, 0.1) is 0 Å². The van der Waals surface area contributed by atoms with Crippen LogP contribution in [0.3, 0.4) is 0 Å². The van der Waals surface area contributed by atoms with Crippen LogP contribution in [0.5, 0.6) is 0 Å². The Kier molecular flexibility index (Phi) is 4.40. The molecular weight excluding hydrogens is 275 g/mol. The molecule has 0 aromatic carbocycles. The highest BCUT2D eigenvalue weighted by molar-refractivity contribution is 5.70. The molecule has 3 N–H and O–H groups in total. The van der Waals surface area contributed by atoms with Crippen LogP contribution in [0.2, 0.25) is 0 Å². The summed E-state index contributed by atoms with van der Waals surface area (Å²) in [5.41, 5.74) is 1.37. The minimum atomic E-state index is -4.94. The molecule has 0 saturated carbocycles. The molecule has 1 aromatic rings. The second-order valence-corrected chi connectivity index (χ2v) is 3.61. The van der Waals surface area contributed by atoms with Crippen molar-refractivity contribution in [1.29, 1.82) is 0 Å². The summed E-state index contributed by atoms with van der Waals surface area (Å²) in [7, 11) is 0. The van der Waals surface area contributed by atoms with Crippen molar-refractivity contribution in [1.82, 2.24) is 4.98 Å². The predicted molar refractivity (Wildman–Crippen MR) is 53.4 cm³/mol. The maximum Gasteiger partial charge on any atom is 0.433 e. The quantitative estimate of drug-likeness (QED) is 0.830. The number of hydrogen-bond donors (Lipinski definition) is 2. The Morgan fingerprint density at radius 3 is 2.37 bits per heavy atom. The highest BCUT2D eigenvalue weighted by Crippen LogP contribution is 2.34. The van der Waals surface area contributed by atoms with Crippen LogP contribution in [-0.2, 0) is 23.9 Å². The molecule has 0 fully saturated rings. The third-order valence-corrected chi connectivity index (χ3v) is 2.25. The van der Waals surface area contributed by atoms with E-state index in [4.69, 9.17) is 10.8 Å². The van der Waals surface area contributed by atoms with Crippen LogP contribution >= 0.6 is 0 Å². The van der Waals surface area contributed by atoms with E-state index in [9.17, 15) is 26.7 Å². The molecule has 1 rings (SSSR count). The van der Waals surface area contributed by atoms with Gasteiger partial charge in [0.2, 0.25) is 0 Å². The Balaban J connectivity index is 3.48. The van der Waals surface area contributed by atoms with Gasteiger partial charge in [0.1, 0.15) is 5.69 Å². The van der Waals surface area contributed by atoms with Crippen molar-refractivity contribution in [2.75, 3.05) is 0 Å². The molecule has 19 heavy (non-hydrogen) atoms. The molecule has 0 spiro atoms. The molecule has 0 bridgehead atoms. The number of halogens is 5. The highest BCUT2D eigenvalue weighted by atomic mass is 19.4. The van der Waals surface area contributed by atoms with Gasteiger partial charge in [-0.1, -0.05) is 0 Å². The van der Waals surface area contributed by atoms with Gasteiger partial charge in [0.05, 0.1) is 12.1 Å². The summed E-state index contributed by atoms with van der Waals surface area (Å²) in [5.74, 6) is -1.58. The molecule has 9 heteroatoms. The van der Waals surface area contributed by atoms with Crippen molar-refractivity contribution in [2.45, 2.75) is 25.6 Å². The summed E-state index contributed by atoms with van der Waals surface area (Å²) < 4.78 is 63.3. The highest BCUT2D eigenvalue weighted by Gasteiger charge is 2.37. The molecule has 1 heterocycles. The van der Waals surface area contributed by atoms with E-state index in [1.165, 1.54) is 0 Å². The van der Waals surface area contributed by atoms with E-state index in [1.54, 1.807) is 0 Å². The average molecular weight is 284 g/mol. The summed E-state index contributed by atoms with van der Waals surface area (Å²) in [5, 5.41) is 8.51. The molecule has 0 saturated heterocycles. The van der Waals surface area contributed by atoms with E-state index in [-0.39, 0.29) is 0 Å². The maximum atomic E-state index is 12.7. The molecule has 1 aromatic heterocycles. The van der Waals surface area contributed by atoms with Crippen LogP contribution in [0.25, 0.3) is 0 Å². The molecule has 4 nitrogen and oxygen atoms in total. The van der Waals surface area contributed by atoms with Crippen LogP contribution in [-0.4, -0.2) is 16.1 Å². The molecule has 0 aliphatic rings. The number of carboxylic acid groups (broad SMARTS) is 1. The number of nitrogens with two attached hydrogens (primary N) is 1. The molecule has 106 valence electrons. The molecule has 0 aliphatic heterocycles. The van der Waals surface area contributed by atoms with Gasteiger partial charge in [-0.3, -0.25) is 4.79 Å². The summed E-state index contributed by atoms with van der Waals surface area (Å²) in [4.78, 5) is 13.5. The van der Waals surface area contributed by atoms with Crippen LogP contribution < -0.4 is 5.73 Å². The number of aliphatic carboxylic acids is 1. The van der Waals surface area contributed by atoms with Gasteiger partial charge in [-0.05, 0) is 11.6 Å². The molecular formula is C10H9F5N2O2. The van der Waals surface area contributed by atoms with E-state index in [2.05, 4.69) is 4.98 Å². The Morgan fingerprint density at radius 2 is 2.00 bits per heavy atom. The van der Waals surface area contributed by atoms with E-state index < -0.39 is 54.1 Å². The first kappa shape index (κ1) is 15.3. The topological polar surface area (TPSA) is 76.2 Å². The van der Waals surface area contributed by atoms with Crippen molar-refractivity contribution in [3.8, 4) is 0 Å². The predicted octanol–water partition coefficient (Wildman–Crippen LogP) is 2.12. The molecule has 0 amide bonds. The number of carboxylic acids is 1. The minimum absolute atomic E-state index is 0.497. The Labute approximate surface area is 104 Å². The van der Waals surface area contributed by atoms with Gasteiger partial charge in [0.25, 0.3) is 6.43 Å². The Morgan fingerprint density at radius 1 is 1.42 bits per heavy atom. The first-order valence-electron chi connectivity index (χ1n) is 4.96. The Hall–Kier alpha value is -1.77. The second kappa shape index (κ2) is 5.47. The number of aromatic nitrogens is 1. The van der Waals surface area contributed by atoms with E-state index >= 15 is 0 Å². The van der Waals surface area contributed by atoms with Crippen molar-refractivity contribution >= 4 is 5.97 Å². The normalized spacial score (nSPS) is 11.9. The van der Waals surface area contributed by atoms with Gasteiger partial charge in [-0.25, -0.2) is 13.8 Å². The molecule has 0 atom stereocenters. The standard InChI is InChI=1S/C10H9F5N2O2/c11-9(12)5-1-4(2-7(18)19)8(10(13,14)15)17-6(5)3-16/h1,9H,2-3,16H2,(H,18,19). The first-order chi connectivity index (χ1) is 8.66. The smallest absolute Gasteiger partial charge is 0.433 e. The van der Waals surface area contributed by atoms with Crippen LogP contribution in [0.15, 0.2) is 6.07 Å². The van der Waals surface area contributed by atoms with Gasteiger partial charge < -0.3 is 10.8 Å². The number of carbonyl (C=O) groups is 1. The molecule has 0 radical (unpaired) electrons. The fourth-order valence-corrected chi connectivity index (χ4v) is 1.51. The first-order valence-corrected chi connectivity index (χ1v) is 4.96. The van der Waals surface area contributed by atoms with Gasteiger partial charge >= 0.3 is 12.1 Å². The Bertz CT molecular complexity index is 488. The number of alkyl halides is 5.